The Morgan fingerprint density at radius 1 is 1.19 bits per heavy atom. The second-order valence-corrected chi connectivity index (χ2v) is 9.55. The average Bonchev–Trinajstić information content (AvgIpc) is 3.23. The van der Waals surface area contributed by atoms with Crippen molar-refractivity contribution in [1.82, 2.24) is 9.21 Å². The molecule has 7 nitrogen and oxygen atoms in total. The number of rotatable bonds is 5. The third-order valence-electron chi connectivity index (χ3n) is 5.59. The summed E-state index contributed by atoms with van der Waals surface area (Å²) >= 11 is 0. The molecule has 0 spiro atoms. The molecule has 0 bridgehead atoms. The average molecular weight is 395 g/mol. The van der Waals surface area contributed by atoms with Gasteiger partial charge in [-0.15, -0.1) is 0 Å². The van der Waals surface area contributed by atoms with E-state index in [9.17, 15) is 13.2 Å². The maximum atomic E-state index is 12.7. The van der Waals surface area contributed by atoms with Crippen LogP contribution in [0.4, 0.5) is 16.2 Å². The van der Waals surface area contributed by atoms with E-state index in [0.29, 0.717) is 39.0 Å². The molecule has 1 aromatic carbocycles. The summed E-state index contributed by atoms with van der Waals surface area (Å²) < 4.78 is 27.0. The Hall–Kier alpha value is -1.80. The predicted molar refractivity (Wildman–Crippen MR) is 109 cm³/mol. The number of urea groups is 1. The number of piperidine rings is 1. The van der Waals surface area contributed by atoms with Crippen LogP contribution in [0.25, 0.3) is 0 Å². The lowest BCUT2D eigenvalue weighted by Gasteiger charge is -2.33. The molecule has 0 unspecified atom stereocenters. The van der Waals surface area contributed by atoms with Gasteiger partial charge in [0, 0.05) is 51.1 Å². The summed E-state index contributed by atoms with van der Waals surface area (Å²) in [4.78, 5) is 16.4. The third-order valence-corrected chi connectivity index (χ3v) is 7.99. The standard InChI is InChI=1S/C19H30N4O3S/c1-3-21(2)17-8-6-7-16(15-17)20-19(24)22-13-9-18(10-14-22)27(25,26)23-11-4-5-12-23/h6-8,15,18H,3-5,9-14H2,1-2H3,(H,20,24). The monoisotopic (exact) mass is 394 g/mol. The van der Waals surface area contributed by atoms with E-state index in [4.69, 9.17) is 0 Å². The zero-order chi connectivity index (χ0) is 19.4. The molecule has 0 atom stereocenters. The molecule has 1 aromatic rings. The van der Waals surface area contributed by atoms with E-state index in [2.05, 4.69) is 17.1 Å². The van der Waals surface area contributed by atoms with Crippen LogP contribution < -0.4 is 10.2 Å². The summed E-state index contributed by atoms with van der Waals surface area (Å²) in [5.41, 5.74) is 1.80. The molecule has 0 aliphatic carbocycles. The lowest BCUT2D eigenvalue weighted by Crippen LogP contribution is -2.47. The lowest BCUT2D eigenvalue weighted by molar-refractivity contribution is 0.199. The van der Waals surface area contributed by atoms with E-state index in [1.54, 1.807) is 9.21 Å². The van der Waals surface area contributed by atoms with Gasteiger partial charge in [0.15, 0.2) is 0 Å². The van der Waals surface area contributed by atoms with E-state index in [1.807, 2.05) is 31.3 Å². The number of nitrogens with zero attached hydrogens (tertiary/aromatic N) is 3. The van der Waals surface area contributed by atoms with Crippen molar-refractivity contribution in [2.75, 3.05) is 50.0 Å². The van der Waals surface area contributed by atoms with Crippen LogP contribution in [0.5, 0.6) is 0 Å². The first kappa shape index (κ1) is 19.9. The van der Waals surface area contributed by atoms with Gasteiger partial charge in [0.1, 0.15) is 0 Å². The quantitative estimate of drug-likeness (QED) is 0.833. The molecule has 0 saturated carbocycles. The summed E-state index contributed by atoms with van der Waals surface area (Å²) in [6.07, 6.45) is 2.91. The normalized spacial score (nSPS) is 19.3. The maximum absolute atomic E-state index is 12.7. The molecule has 2 amide bonds. The number of likely N-dealkylation sites (tertiary alicyclic amines) is 1. The van der Waals surface area contributed by atoms with E-state index >= 15 is 0 Å². The molecule has 0 aromatic heterocycles. The summed E-state index contributed by atoms with van der Waals surface area (Å²) in [6.45, 7) is 5.19. The Balaban J connectivity index is 1.56. The molecule has 27 heavy (non-hydrogen) atoms. The number of carbonyl (C=O) groups excluding carboxylic acids is 1. The number of hydrogen-bond acceptors (Lipinski definition) is 4. The molecular formula is C19H30N4O3S. The molecule has 2 fully saturated rings. The molecule has 2 aliphatic rings. The van der Waals surface area contributed by atoms with Gasteiger partial charge in [-0.05, 0) is 50.8 Å². The van der Waals surface area contributed by atoms with Crippen molar-refractivity contribution in [2.24, 2.45) is 0 Å². The van der Waals surface area contributed by atoms with Crippen molar-refractivity contribution in [3.63, 3.8) is 0 Å². The summed E-state index contributed by atoms with van der Waals surface area (Å²) in [5.74, 6) is 0. The minimum Gasteiger partial charge on any atom is -0.375 e. The van der Waals surface area contributed by atoms with Gasteiger partial charge >= 0.3 is 6.03 Å². The highest BCUT2D eigenvalue weighted by molar-refractivity contribution is 7.89. The van der Waals surface area contributed by atoms with Gasteiger partial charge in [-0.25, -0.2) is 17.5 Å². The van der Waals surface area contributed by atoms with Crippen molar-refractivity contribution in [3.05, 3.63) is 24.3 Å². The maximum Gasteiger partial charge on any atom is 0.321 e. The topological polar surface area (TPSA) is 73.0 Å². The van der Waals surface area contributed by atoms with Crippen LogP contribution in [0.15, 0.2) is 24.3 Å². The first-order valence-electron chi connectivity index (χ1n) is 9.78. The minimum atomic E-state index is -3.22. The third kappa shape index (κ3) is 4.55. The fraction of sp³-hybridized carbons (Fsp3) is 0.632. The van der Waals surface area contributed by atoms with E-state index in [1.165, 1.54) is 0 Å². The highest BCUT2D eigenvalue weighted by Gasteiger charge is 2.36. The number of anilines is 2. The lowest BCUT2D eigenvalue weighted by atomic mass is 10.1. The highest BCUT2D eigenvalue weighted by atomic mass is 32.2. The fourth-order valence-electron chi connectivity index (χ4n) is 3.72. The Morgan fingerprint density at radius 3 is 2.48 bits per heavy atom. The van der Waals surface area contributed by atoms with Crippen molar-refractivity contribution in [2.45, 2.75) is 37.9 Å². The van der Waals surface area contributed by atoms with E-state index < -0.39 is 10.0 Å². The van der Waals surface area contributed by atoms with Crippen LogP contribution in [0.1, 0.15) is 32.6 Å². The largest absolute Gasteiger partial charge is 0.375 e. The van der Waals surface area contributed by atoms with Gasteiger partial charge < -0.3 is 15.1 Å². The Kier molecular flexibility index (Phi) is 6.26. The summed E-state index contributed by atoms with van der Waals surface area (Å²) in [7, 11) is -1.21. The van der Waals surface area contributed by atoms with Gasteiger partial charge in [-0.3, -0.25) is 0 Å². The second kappa shape index (κ2) is 8.48. The molecular weight excluding hydrogens is 364 g/mol. The van der Waals surface area contributed by atoms with E-state index in [0.717, 1.165) is 30.8 Å². The molecule has 2 heterocycles. The molecule has 3 rings (SSSR count). The fourth-order valence-corrected chi connectivity index (χ4v) is 5.71. The predicted octanol–water partition coefficient (Wildman–Crippen LogP) is 2.56. The molecule has 150 valence electrons. The number of amides is 2. The van der Waals surface area contributed by atoms with Crippen LogP contribution >= 0.6 is 0 Å². The van der Waals surface area contributed by atoms with Gasteiger partial charge in [0.2, 0.25) is 10.0 Å². The SMILES string of the molecule is CCN(C)c1cccc(NC(=O)N2CCC(S(=O)(=O)N3CCCC3)CC2)c1. The van der Waals surface area contributed by atoms with Crippen LogP contribution in [0.2, 0.25) is 0 Å². The zero-order valence-electron chi connectivity index (χ0n) is 16.2. The number of sulfonamides is 1. The van der Waals surface area contributed by atoms with Crippen LogP contribution in [-0.4, -0.2) is 68.7 Å². The highest BCUT2D eigenvalue weighted by Crippen LogP contribution is 2.25. The molecule has 2 saturated heterocycles. The number of carbonyl (C=O) groups is 1. The van der Waals surface area contributed by atoms with Gasteiger partial charge in [-0.2, -0.15) is 0 Å². The molecule has 8 heteroatoms. The first-order chi connectivity index (χ1) is 12.9. The molecule has 0 radical (unpaired) electrons. The Morgan fingerprint density at radius 2 is 1.85 bits per heavy atom. The van der Waals surface area contributed by atoms with Crippen molar-refractivity contribution in [1.29, 1.82) is 0 Å². The van der Waals surface area contributed by atoms with Crippen molar-refractivity contribution >= 4 is 27.4 Å². The van der Waals surface area contributed by atoms with Crippen LogP contribution in [0, 0.1) is 0 Å². The zero-order valence-corrected chi connectivity index (χ0v) is 17.0. The molecule has 2 aliphatic heterocycles. The van der Waals surface area contributed by atoms with Crippen molar-refractivity contribution in [3.8, 4) is 0 Å². The molecule has 1 N–H and O–H groups in total. The minimum absolute atomic E-state index is 0.164. The summed E-state index contributed by atoms with van der Waals surface area (Å²) in [5, 5.41) is 2.58. The van der Waals surface area contributed by atoms with Crippen molar-refractivity contribution < 1.29 is 13.2 Å². The first-order valence-corrected chi connectivity index (χ1v) is 11.3. The van der Waals surface area contributed by atoms with E-state index in [-0.39, 0.29) is 11.3 Å². The summed E-state index contributed by atoms with van der Waals surface area (Å²) in [6, 6.07) is 7.59. The van der Waals surface area contributed by atoms with Gasteiger partial charge in [0.05, 0.1) is 5.25 Å². The Labute approximate surface area is 162 Å². The van der Waals surface area contributed by atoms with Crippen LogP contribution in [0.3, 0.4) is 0 Å². The van der Waals surface area contributed by atoms with Crippen LogP contribution in [-0.2, 0) is 10.0 Å². The van der Waals surface area contributed by atoms with Gasteiger partial charge in [0.25, 0.3) is 0 Å². The smallest absolute Gasteiger partial charge is 0.321 e. The Bertz CT molecular complexity index is 754. The van der Waals surface area contributed by atoms with Gasteiger partial charge in [-0.1, -0.05) is 6.07 Å². The number of benzene rings is 1. The number of hydrogen-bond donors (Lipinski definition) is 1. The number of nitrogens with one attached hydrogen (secondary N) is 1. The second-order valence-electron chi connectivity index (χ2n) is 7.33.